The summed E-state index contributed by atoms with van der Waals surface area (Å²) in [6.45, 7) is 7.32. The molecule has 37 heavy (non-hydrogen) atoms. The molecule has 0 aromatic heterocycles. The minimum absolute atomic E-state index is 0.235. The number of rotatable bonds is 7. The van der Waals surface area contributed by atoms with Gasteiger partial charge in [0.25, 0.3) is 0 Å². The molecule has 1 aromatic carbocycles. The molecule has 1 aromatic rings. The van der Waals surface area contributed by atoms with Crippen molar-refractivity contribution in [2.75, 3.05) is 6.54 Å². The Morgan fingerprint density at radius 2 is 1.08 bits per heavy atom. The number of alkyl halides is 13. The van der Waals surface area contributed by atoms with Crippen LogP contribution in [0.2, 0.25) is 0 Å². The van der Waals surface area contributed by atoms with Gasteiger partial charge in [-0.3, -0.25) is 4.99 Å². The molecule has 0 aliphatic carbocycles. The van der Waals surface area contributed by atoms with Gasteiger partial charge in [-0.2, -0.15) is 57.1 Å². The molecule has 0 saturated carbocycles. The highest BCUT2D eigenvalue weighted by Gasteiger charge is 2.90. The van der Waals surface area contributed by atoms with E-state index in [1.807, 2.05) is 0 Å². The highest BCUT2D eigenvalue weighted by Crippen LogP contribution is 2.60. The number of halogens is 13. The molecule has 0 unspecified atom stereocenters. The summed E-state index contributed by atoms with van der Waals surface area (Å²) in [4.78, 5) is 2.79. The van der Waals surface area contributed by atoms with E-state index >= 15 is 0 Å². The van der Waals surface area contributed by atoms with Gasteiger partial charge in [-0.1, -0.05) is 47.6 Å². The predicted molar refractivity (Wildman–Crippen MR) is 109 cm³/mol. The average molecular weight is 565 g/mol. The summed E-state index contributed by atoms with van der Waals surface area (Å²) in [5.41, 5.74) is -1.03. The quantitative estimate of drug-likeness (QED) is 0.263. The fourth-order valence-electron chi connectivity index (χ4n) is 2.92. The molecule has 0 saturated heterocycles. The second kappa shape index (κ2) is 9.21. The van der Waals surface area contributed by atoms with Crippen LogP contribution in [-0.2, 0) is 10.8 Å². The Morgan fingerprint density at radius 1 is 0.649 bits per heavy atom. The molecule has 15 heteroatoms. The highest BCUT2D eigenvalue weighted by atomic mass is 19.4. The third-order valence-corrected chi connectivity index (χ3v) is 5.33. The molecule has 0 radical (unpaired) electrons. The average Bonchev–Trinajstić information content (AvgIpc) is 2.65. The van der Waals surface area contributed by atoms with Gasteiger partial charge in [0.15, 0.2) is 0 Å². The third kappa shape index (κ3) is 5.64. The normalized spacial score (nSPS) is 15.5. The maximum Gasteiger partial charge on any atom is 0.460 e. The van der Waals surface area contributed by atoms with Gasteiger partial charge in [-0.25, -0.2) is 0 Å². The molecular weight excluding hydrogens is 541 g/mol. The molecule has 1 rings (SSSR count). The molecule has 0 aliphatic rings. The summed E-state index contributed by atoms with van der Waals surface area (Å²) >= 11 is 0. The van der Waals surface area contributed by atoms with E-state index in [4.69, 9.17) is 0 Å². The second-order valence-corrected chi connectivity index (χ2v) is 10.4. The van der Waals surface area contributed by atoms with Crippen molar-refractivity contribution in [1.82, 2.24) is 0 Å². The van der Waals surface area contributed by atoms with Gasteiger partial charge in [0.1, 0.15) is 12.3 Å². The summed E-state index contributed by atoms with van der Waals surface area (Å²) in [5, 5.41) is 10.5. The Balaban J connectivity index is 3.51. The Hall–Kier alpha value is -2.22. The number of aliphatic imine (C=N–C) groups is 1. The van der Waals surface area contributed by atoms with E-state index in [0.717, 1.165) is 0 Å². The second-order valence-electron chi connectivity index (χ2n) is 10.4. The molecular formula is C22H24F13NO. The molecule has 0 heterocycles. The number of nitrogens with zero attached hydrogens (tertiary/aromatic N) is 1. The molecule has 0 spiro atoms. The van der Waals surface area contributed by atoms with Gasteiger partial charge in [-0.05, 0) is 22.5 Å². The number of hydrogen-bond acceptors (Lipinski definition) is 2. The van der Waals surface area contributed by atoms with Crippen LogP contribution in [0.1, 0.15) is 58.2 Å². The lowest BCUT2D eigenvalue weighted by Gasteiger charge is -2.39. The minimum Gasteiger partial charge on any atom is -0.507 e. The standard InChI is InChI=1S/C22H24F13NO/c1-15(2,3)12-7-11(14(37)13(8-12)16(4,5)6)9-36-10-17(23,24)18(25,26)19(27,28)20(29,30)21(31,32)22(33,34)35/h7-9,37H,10H2,1-6H3. The first-order valence-corrected chi connectivity index (χ1v) is 10.3. The summed E-state index contributed by atoms with van der Waals surface area (Å²) in [6, 6.07) is 2.75. The van der Waals surface area contributed by atoms with Crippen molar-refractivity contribution in [2.45, 2.75) is 88.2 Å². The van der Waals surface area contributed by atoms with E-state index in [2.05, 4.69) is 4.99 Å². The lowest BCUT2D eigenvalue weighted by atomic mass is 9.79. The largest absolute Gasteiger partial charge is 0.507 e. The van der Waals surface area contributed by atoms with E-state index in [0.29, 0.717) is 11.8 Å². The van der Waals surface area contributed by atoms with Crippen molar-refractivity contribution in [3.8, 4) is 5.75 Å². The maximum atomic E-state index is 14.0. The van der Waals surface area contributed by atoms with Crippen LogP contribution in [0.4, 0.5) is 57.1 Å². The lowest BCUT2D eigenvalue weighted by molar-refractivity contribution is -0.438. The van der Waals surface area contributed by atoms with Crippen molar-refractivity contribution in [3.05, 3.63) is 28.8 Å². The van der Waals surface area contributed by atoms with Crippen molar-refractivity contribution in [3.63, 3.8) is 0 Å². The van der Waals surface area contributed by atoms with E-state index in [-0.39, 0.29) is 11.1 Å². The van der Waals surface area contributed by atoms with Crippen molar-refractivity contribution in [2.24, 2.45) is 4.99 Å². The van der Waals surface area contributed by atoms with Gasteiger partial charge in [0.05, 0.1) is 0 Å². The topological polar surface area (TPSA) is 32.6 Å². The molecule has 1 N–H and O–H groups in total. The molecule has 0 amide bonds. The van der Waals surface area contributed by atoms with Crippen LogP contribution in [0.25, 0.3) is 0 Å². The molecule has 0 atom stereocenters. The van der Waals surface area contributed by atoms with Crippen LogP contribution < -0.4 is 0 Å². The smallest absolute Gasteiger partial charge is 0.460 e. The van der Waals surface area contributed by atoms with Gasteiger partial charge < -0.3 is 5.11 Å². The SMILES string of the molecule is CC(C)(C)c1cc(C=NCC(F)(F)C(F)(F)C(F)(F)C(F)(F)C(F)(F)C(F)(F)F)c(O)c(C(C)(C)C)c1. The van der Waals surface area contributed by atoms with E-state index < -0.39 is 58.9 Å². The summed E-state index contributed by atoms with van der Waals surface area (Å²) in [5.74, 6) is -37.9. The van der Waals surface area contributed by atoms with Gasteiger partial charge in [0, 0.05) is 17.3 Å². The van der Waals surface area contributed by atoms with E-state index in [1.165, 1.54) is 6.07 Å². The van der Waals surface area contributed by atoms with Gasteiger partial charge >= 0.3 is 35.8 Å². The van der Waals surface area contributed by atoms with Crippen molar-refractivity contribution < 1.29 is 62.2 Å². The Morgan fingerprint density at radius 3 is 1.46 bits per heavy atom. The lowest BCUT2D eigenvalue weighted by Crippen LogP contribution is -2.70. The zero-order valence-corrected chi connectivity index (χ0v) is 20.2. The first-order chi connectivity index (χ1) is 16.0. The Bertz CT molecular complexity index is 1010. The van der Waals surface area contributed by atoms with Gasteiger partial charge in [-0.15, -0.1) is 0 Å². The monoisotopic (exact) mass is 565 g/mol. The van der Waals surface area contributed by atoms with Crippen molar-refractivity contribution in [1.29, 1.82) is 0 Å². The first-order valence-electron chi connectivity index (χ1n) is 10.3. The summed E-state index contributed by atoms with van der Waals surface area (Å²) < 4.78 is 172. The van der Waals surface area contributed by atoms with Gasteiger partial charge in [0.2, 0.25) is 0 Å². The fourth-order valence-corrected chi connectivity index (χ4v) is 2.92. The Kier molecular flexibility index (Phi) is 8.17. The van der Waals surface area contributed by atoms with Crippen LogP contribution in [0, 0.1) is 0 Å². The zero-order chi connectivity index (χ0) is 29.8. The molecule has 2 nitrogen and oxygen atoms in total. The zero-order valence-electron chi connectivity index (χ0n) is 20.2. The van der Waals surface area contributed by atoms with Crippen molar-refractivity contribution >= 4 is 6.21 Å². The number of hydrogen-bond donors (Lipinski definition) is 1. The summed E-state index contributed by atoms with van der Waals surface area (Å²) in [7, 11) is 0. The molecule has 0 aliphatic heterocycles. The van der Waals surface area contributed by atoms with E-state index in [9.17, 15) is 62.2 Å². The van der Waals surface area contributed by atoms with Crippen LogP contribution in [0.5, 0.6) is 5.75 Å². The van der Waals surface area contributed by atoms with Crippen LogP contribution >= 0.6 is 0 Å². The minimum atomic E-state index is -7.96. The molecule has 214 valence electrons. The Labute approximate surface area is 203 Å². The molecule has 0 fully saturated rings. The number of phenols is 1. The first kappa shape index (κ1) is 32.8. The summed E-state index contributed by atoms with van der Waals surface area (Å²) in [6.07, 6.45) is -7.13. The number of aromatic hydroxyl groups is 1. The highest BCUT2D eigenvalue weighted by molar-refractivity contribution is 5.85. The van der Waals surface area contributed by atoms with Crippen LogP contribution in [0.3, 0.4) is 0 Å². The van der Waals surface area contributed by atoms with E-state index in [1.54, 1.807) is 47.6 Å². The fraction of sp³-hybridized carbons (Fsp3) is 0.682. The predicted octanol–water partition coefficient (Wildman–Crippen LogP) is 8.14. The third-order valence-electron chi connectivity index (χ3n) is 5.33. The maximum absolute atomic E-state index is 14.0. The number of phenolic OH excluding ortho intramolecular Hbond substituents is 1. The number of benzene rings is 1. The van der Waals surface area contributed by atoms with Crippen LogP contribution in [0.15, 0.2) is 17.1 Å². The van der Waals surface area contributed by atoms with Crippen LogP contribution in [-0.4, -0.2) is 53.7 Å². The molecule has 0 bridgehead atoms.